The summed E-state index contributed by atoms with van der Waals surface area (Å²) in [7, 11) is 1.56. The van der Waals surface area contributed by atoms with Gasteiger partial charge in [0.15, 0.2) is 0 Å². The molecule has 1 atom stereocenters. The minimum atomic E-state index is -0.896. The Labute approximate surface area is 71.2 Å². The van der Waals surface area contributed by atoms with E-state index in [0.717, 1.165) is 12.8 Å². The predicted molar refractivity (Wildman–Crippen MR) is 42.7 cm³/mol. The summed E-state index contributed by atoms with van der Waals surface area (Å²) in [6.07, 6.45) is 2.71. The van der Waals surface area contributed by atoms with Crippen LogP contribution in [0.4, 0.5) is 0 Å². The number of aliphatic carboxylic acids is 1. The number of nitrogens with zero attached hydrogens (tertiary/aromatic N) is 1. The fourth-order valence-corrected chi connectivity index (χ4v) is 1.45. The Kier molecular flexibility index (Phi) is 2.68. The molecule has 0 saturated carbocycles. The van der Waals surface area contributed by atoms with E-state index in [1.54, 1.807) is 7.05 Å². The summed E-state index contributed by atoms with van der Waals surface area (Å²) >= 11 is 0. The summed E-state index contributed by atoms with van der Waals surface area (Å²) in [5, 5.41) is 8.76. The fraction of sp³-hybridized carbons (Fsp3) is 0.750. The van der Waals surface area contributed by atoms with Crippen LogP contribution in [0.3, 0.4) is 0 Å². The molecule has 1 N–H and O–H groups in total. The topological polar surface area (TPSA) is 57.6 Å². The van der Waals surface area contributed by atoms with Crippen molar-refractivity contribution in [3.05, 3.63) is 0 Å². The maximum Gasteiger partial charge on any atom is 0.326 e. The fourth-order valence-electron chi connectivity index (χ4n) is 1.45. The third kappa shape index (κ3) is 1.75. The lowest BCUT2D eigenvalue weighted by Crippen LogP contribution is -2.40. The van der Waals surface area contributed by atoms with Gasteiger partial charge < -0.3 is 10.0 Å². The zero-order valence-corrected chi connectivity index (χ0v) is 7.12. The Bertz CT molecular complexity index is 202. The van der Waals surface area contributed by atoms with Crippen molar-refractivity contribution in [3.8, 4) is 0 Å². The molecule has 1 amide bonds. The van der Waals surface area contributed by atoms with Crippen LogP contribution in [0.5, 0.6) is 0 Å². The number of likely N-dealkylation sites (tertiary alicyclic amines) is 1. The molecular formula is C8H13NO3. The van der Waals surface area contributed by atoms with Gasteiger partial charge in [-0.1, -0.05) is 6.42 Å². The molecule has 0 bridgehead atoms. The van der Waals surface area contributed by atoms with Crippen LogP contribution in [0.15, 0.2) is 0 Å². The number of amides is 1. The first-order valence-electron chi connectivity index (χ1n) is 4.11. The van der Waals surface area contributed by atoms with Crippen molar-refractivity contribution in [2.75, 3.05) is 7.05 Å². The van der Waals surface area contributed by atoms with Gasteiger partial charge >= 0.3 is 5.97 Å². The summed E-state index contributed by atoms with van der Waals surface area (Å²) in [6, 6.07) is -0.611. The van der Waals surface area contributed by atoms with E-state index in [1.807, 2.05) is 0 Å². The first kappa shape index (κ1) is 9.03. The quantitative estimate of drug-likeness (QED) is 0.624. The van der Waals surface area contributed by atoms with E-state index < -0.39 is 12.0 Å². The number of carbonyl (C=O) groups is 2. The number of carbonyl (C=O) groups excluding carboxylic acids is 1. The van der Waals surface area contributed by atoms with Gasteiger partial charge in [-0.2, -0.15) is 0 Å². The average molecular weight is 171 g/mol. The van der Waals surface area contributed by atoms with Crippen molar-refractivity contribution < 1.29 is 14.7 Å². The first-order chi connectivity index (χ1) is 5.63. The molecule has 12 heavy (non-hydrogen) atoms. The highest BCUT2D eigenvalue weighted by Crippen LogP contribution is 2.15. The van der Waals surface area contributed by atoms with Crippen molar-refractivity contribution >= 4 is 11.9 Å². The molecule has 4 heteroatoms. The molecule has 1 rings (SSSR count). The van der Waals surface area contributed by atoms with Crippen LogP contribution in [-0.2, 0) is 9.59 Å². The van der Waals surface area contributed by atoms with E-state index in [0.29, 0.717) is 12.8 Å². The summed E-state index contributed by atoms with van der Waals surface area (Å²) < 4.78 is 0. The van der Waals surface area contributed by atoms with Gasteiger partial charge in [-0.15, -0.1) is 0 Å². The van der Waals surface area contributed by atoms with E-state index in [1.165, 1.54) is 4.90 Å². The van der Waals surface area contributed by atoms with Gasteiger partial charge in [-0.25, -0.2) is 4.79 Å². The Morgan fingerprint density at radius 2 is 2.25 bits per heavy atom. The van der Waals surface area contributed by atoms with E-state index in [9.17, 15) is 9.59 Å². The van der Waals surface area contributed by atoms with Gasteiger partial charge in [-0.05, 0) is 12.8 Å². The maximum atomic E-state index is 11.2. The number of carboxylic acids is 1. The molecule has 68 valence electrons. The van der Waals surface area contributed by atoms with Crippen molar-refractivity contribution in [2.45, 2.75) is 31.7 Å². The van der Waals surface area contributed by atoms with Gasteiger partial charge in [0.25, 0.3) is 0 Å². The molecule has 1 fully saturated rings. The number of rotatable bonds is 1. The number of hydrogen-bond donors (Lipinski definition) is 1. The second kappa shape index (κ2) is 3.56. The number of hydrogen-bond acceptors (Lipinski definition) is 2. The van der Waals surface area contributed by atoms with Gasteiger partial charge in [0.05, 0.1) is 0 Å². The highest BCUT2D eigenvalue weighted by Gasteiger charge is 2.27. The molecule has 1 heterocycles. The zero-order valence-electron chi connectivity index (χ0n) is 7.12. The summed E-state index contributed by atoms with van der Waals surface area (Å²) in [6.45, 7) is 0. The SMILES string of the molecule is CN1C(=O)CCCC[C@@H]1C(=O)O. The average Bonchev–Trinajstić information content (AvgIpc) is 2.15. The van der Waals surface area contributed by atoms with Gasteiger partial charge in [0.2, 0.25) is 5.91 Å². The van der Waals surface area contributed by atoms with Crippen molar-refractivity contribution in [1.29, 1.82) is 0 Å². The molecule has 1 saturated heterocycles. The highest BCUT2D eigenvalue weighted by molar-refractivity contribution is 5.83. The first-order valence-corrected chi connectivity index (χ1v) is 4.11. The highest BCUT2D eigenvalue weighted by atomic mass is 16.4. The van der Waals surface area contributed by atoms with Gasteiger partial charge in [-0.3, -0.25) is 4.79 Å². The molecule has 0 radical (unpaired) electrons. The second-order valence-corrected chi connectivity index (χ2v) is 3.10. The normalized spacial score (nSPS) is 25.2. The van der Waals surface area contributed by atoms with Crippen LogP contribution < -0.4 is 0 Å². The molecule has 0 spiro atoms. The third-order valence-corrected chi connectivity index (χ3v) is 2.26. The summed E-state index contributed by atoms with van der Waals surface area (Å²) in [5.74, 6) is -0.951. The summed E-state index contributed by atoms with van der Waals surface area (Å²) in [5.41, 5.74) is 0. The smallest absolute Gasteiger partial charge is 0.326 e. The van der Waals surface area contributed by atoms with Crippen LogP contribution in [0.2, 0.25) is 0 Å². The zero-order chi connectivity index (χ0) is 9.14. The maximum absolute atomic E-state index is 11.2. The van der Waals surface area contributed by atoms with Crippen LogP contribution in [0, 0.1) is 0 Å². The van der Waals surface area contributed by atoms with Crippen LogP contribution in [-0.4, -0.2) is 35.0 Å². The van der Waals surface area contributed by atoms with Gasteiger partial charge in [0, 0.05) is 13.5 Å². The molecule has 0 aromatic carbocycles. The standard InChI is InChI=1S/C8H13NO3/c1-9-6(8(11)12)4-2-3-5-7(9)10/h6H,2-5H2,1H3,(H,11,12)/t6-/m1/s1. The predicted octanol–water partition coefficient (Wildman–Crippen LogP) is 0.472. The lowest BCUT2D eigenvalue weighted by Gasteiger charge is -2.21. The Morgan fingerprint density at radius 1 is 1.58 bits per heavy atom. The molecule has 0 aromatic rings. The monoisotopic (exact) mass is 171 g/mol. The van der Waals surface area contributed by atoms with E-state index in [2.05, 4.69) is 0 Å². The second-order valence-electron chi connectivity index (χ2n) is 3.10. The van der Waals surface area contributed by atoms with E-state index in [-0.39, 0.29) is 5.91 Å². The van der Waals surface area contributed by atoms with Crippen LogP contribution >= 0.6 is 0 Å². The largest absolute Gasteiger partial charge is 0.480 e. The lowest BCUT2D eigenvalue weighted by molar-refractivity contribution is -0.148. The Morgan fingerprint density at radius 3 is 2.83 bits per heavy atom. The third-order valence-electron chi connectivity index (χ3n) is 2.26. The van der Waals surface area contributed by atoms with Gasteiger partial charge in [0.1, 0.15) is 6.04 Å². The van der Waals surface area contributed by atoms with Crippen molar-refractivity contribution in [2.24, 2.45) is 0 Å². The molecule has 0 aromatic heterocycles. The molecule has 4 nitrogen and oxygen atoms in total. The van der Waals surface area contributed by atoms with Crippen molar-refractivity contribution in [3.63, 3.8) is 0 Å². The molecule has 1 aliphatic rings. The summed E-state index contributed by atoms with van der Waals surface area (Å²) in [4.78, 5) is 23.2. The minimum Gasteiger partial charge on any atom is -0.480 e. The number of carboxylic acid groups (broad SMARTS) is 1. The minimum absolute atomic E-state index is 0.0556. The molecular weight excluding hydrogens is 158 g/mol. The van der Waals surface area contributed by atoms with E-state index in [4.69, 9.17) is 5.11 Å². The molecule has 0 unspecified atom stereocenters. The number of likely N-dealkylation sites (N-methyl/N-ethyl adjacent to an activating group) is 1. The van der Waals surface area contributed by atoms with E-state index >= 15 is 0 Å². The van der Waals surface area contributed by atoms with Crippen LogP contribution in [0.25, 0.3) is 0 Å². The van der Waals surface area contributed by atoms with Crippen molar-refractivity contribution in [1.82, 2.24) is 4.90 Å². The molecule has 1 aliphatic heterocycles. The van der Waals surface area contributed by atoms with Crippen LogP contribution in [0.1, 0.15) is 25.7 Å². The lowest BCUT2D eigenvalue weighted by atomic mass is 10.1. The Hall–Kier alpha value is -1.06. The Balaban J connectivity index is 2.70. The molecule has 0 aliphatic carbocycles.